The number of amides is 1. The first-order chi connectivity index (χ1) is 8.78. The molecule has 2 N–H and O–H groups in total. The molecule has 0 bridgehead atoms. The molecule has 0 spiro atoms. The molecular formula is C14H16ClNO3. The largest absolute Gasteiger partial charge is 0.506 e. The van der Waals surface area contributed by atoms with Crippen molar-refractivity contribution in [2.75, 3.05) is 6.54 Å². The number of phenolic OH excluding ortho intramolecular Hbond substituents is 1. The molecule has 0 saturated heterocycles. The minimum Gasteiger partial charge on any atom is -0.506 e. The Kier molecular flexibility index (Phi) is 5.08. The molecule has 5 heteroatoms. The summed E-state index contributed by atoms with van der Waals surface area (Å²) in [5.41, 5.74) is 0.135. The first-order valence-corrected chi connectivity index (χ1v) is 6.10. The van der Waals surface area contributed by atoms with Crippen molar-refractivity contribution in [3.05, 3.63) is 28.8 Å². The highest BCUT2D eigenvalue weighted by atomic mass is 35.5. The zero-order chi connectivity index (χ0) is 14.5. The molecule has 0 aliphatic rings. The van der Waals surface area contributed by atoms with Crippen LogP contribution in [0.3, 0.4) is 0 Å². The van der Waals surface area contributed by atoms with Gasteiger partial charge in [0.2, 0.25) is 0 Å². The zero-order valence-corrected chi connectivity index (χ0v) is 11.8. The highest BCUT2D eigenvalue weighted by Gasteiger charge is 2.14. The molecule has 102 valence electrons. The topological polar surface area (TPSA) is 58.6 Å². The van der Waals surface area contributed by atoms with Crippen molar-refractivity contribution >= 4 is 17.7 Å². The normalized spacial score (nSPS) is 10.3. The molecule has 0 saturated carbocycles. The van der Waals surface area contributed by atoms with Gasteiger partial charge in [-0.05, 0) is 39.0 Å². The van der Waals surface area contributed by atoms with Gasteiger partial charge in [-0.3, -0.25) is 0 Å². The second-order valence-corrected chi connectivity index (χ2v) is 5.23. The molecule has 4 nitrogen and oxygen atoms in total. The predicted octanol–water partition coefficient (Wildman–Crippen LogP) is 2.92. The third-order valence-electron chi connectivity index (χ3n) is 1.90. The lowest BCUT2D eigenvalue weighted by atomic mass is 10.2. The first kappa shape index (κ1) is 15.2. The molecule has 1 aromatic carbocycles. The Hall–Kier alpha value is -1.86. The number of aromatic hydroxyl groups is 1. The summed E-state index contributed by atoms with van der Waals surface area (Å²) in [4.78, 5) is 11.3. The Morgan fingerprint density at radius 2 is 2.16 bits per heavy atom. The van der Waals surface area contributed by atoms with Crippen molar-refractivity contribution in [2.24, 2.45) is 0 Å². The summed E-state index contributed by atoms with van der Waals surface area (Å²) in [6.07, 6.45) is -0.509. The van der Waals surface area contributed by atoms with Crippen LogP contribution in [0.5, 0.6) is 5.75 Å². The standard InChI is InChI=1S/C14H16ClNO3/c1-14(2,3)19-13(18)16-8-4-5-10-6-7-12(17)11(15)9-10/h6-7,9,17H,8H2,1-3H3,(H,16,18). The van der Waals surface area contributed by atoms with Crippen LogP contribution < -0.4 is 5.32 Å². The Labute approximate surface area is 117 Å². The average molecular weight is 282 g/mol. The second-order valence-electron chi connectivity index (χ2n) is 4.82. The van der Waals surface area contributed by atoms with Crippen LogP contribution in [-0.4, -0.2) is 23.3 Å². The molecule has 0 aliphatic carbocycles. The number of hydrogen-bond donors (Lipinski definition) is 2. The number of ether oxygens (including phenoxy) is 1. The van der Waals surface area contributed by atoms with Gasteiger partial charge in [0.1, 0.15) is 11.4 Å². The molecule has 0 heterocycles. The molecule has 1 rings (SSSR count). The number of hydrogen-bond acceptors (Lipinski definition) is 3. The first-order valence-electron chi connectivity index (χ1n) is 5.72. The van der Waals surface area contributed by atoms with E-state index in [1.165, 1.54) is 6.07 Å². The fourth-order valence-corrected chi connectivity index (χ4v) is 1.34. The maximum absolute atomic E-state index is 11.3. The van der Waals surface area contributed by atoms with Crippen LogP contribution in [0.4, 0.5) is 4.79 Å². The van der Waals surface area contributed by atoms with Crippen LogP contribution in [0.25, 0.3) is 0 Å². The molecule has 0 fully saturated rings. The third-order valence-corrected chi connectivity index (χ3v) is 2.20. The minimum absolute atomic E-state index is 0.0131. The van der Waals surface area contributed by atoms with E-state index in [0.717, 1.165) is 0 Å². The van der Waals surface area contributed by atoms with E-state index in [2.05, 4.69) is 17.2 Å². The van der Waals surface area contributed by atoms with Crippen LogP contribution in [0.1, 0.15) is 26.3 Å². The Balaban J connectivity index is 2.47. The van der Waals surface area contributed by atoms with E-state index in [-0.39, 0.29) is 17.3 Å². The van der Waals surface area contributed by atoms with Gasteiger partial charge in [0.05, 0.1) is 11.6 Å². The van der Waals surface area contributed by atoms with Gasteiger partial charge in [0.25, 0.3) is 0 Å². The molecule has 0 unspecified atom stereocenters. The molecule has 0 atom stereocenters. The maximum atomic E-state index is 11.3. The summed E-state index contributed by atoms with van der Waals surface area (Å²) in [6.45, 7) is 5.54. The van der Waals surface area contributed by atoms with Gasteiger partial charge in [-0.15, -0.1) is 0 Å². The smallest absolute Gasteiger partial charge is 0.408 e. The fourth-order valence-electron chi connectivity index (χ4n) is 1.16. The van der Waals surface area contributed by atoms with Gasteiger partial charge in [-0.2, -0.15) is 0 Å². The molecule has 0 radical (unpaired) electrons. The van der Waals surface area contributed by atoms with Crippen LogP contribution in [-0.2, 0) is 4.74 Å². The van der Waals surface area contributed by atoms with E-state index in [9.17, 15) is 9.90 Å². The molecule has 0 aromatic heterocycles. The van der Waals surface area contributed by atoms with Crippen molar-refractivity contribution < 1.29 is 14.6 Å². The summed E-state index contributed by atoms with van der Waals surface area (Å²) in [5.74, 6) is 5.59. The van der Waals surface area contributed by atoms with Crippen molar-refractivity contribution in [2.45, 2.75) is 26.4 Å². The number of benzene rings is 1. The molecule has 1 aromatic rings. The SMILES string of the molecule is CC(C)(C)OC(=O)NCC#Cc1ccc(O)c(Cl)c1. The van der Waals surface area contributed by atoms with Crippen molar-refractivity contribution in [1.82, 2.24) is 5.32 Å². The van der Waals surface area contributed by atoms with E-state index < -0.39 is 11.7 Å². The number of rotatable bonds is 1. The fraction of sp³-hybridized carbons (Fsp3) is 0.357. The highest BCUT2D eigenvalue weighted by Crippen LogP contribution is 2.22. The van der Waals surface area contributed by atoms with Crippen molar-refractivity contribution in [3.8, 4) is 17.6 Å². The van der Waals surface area contributed by atoms with E-state index in [1.54, 1.807) is 32.9 Å². The monoisotopic (exact) mass is 281 g/mol. The summed E-state index contributed by atoms with van der Waals surface area (Å²) >= 11 is 5.74. The summed E-state index contributed by atoms with van der Waals surface area (Å²) in [5, 5.41) is 12.0. The summed E-state index contributed by atoms with van der Waals surface area (Å²) < 4.78 is 5.05. The number of nitrogens with one attached hydrogen (secondary N) is 1. The summed E-state index contributed by atoms with van der Waals surface area (Å²) in [6, 6.07) is 4.66. The van der Waals surface area contributed by atoms with Gasteiger partial charge in [-0.1, -0.05) is 23.4 Å². The van der Waals surface area contributed by atoms with Crippen LogP contribution in [0.2, 0.25) is 5.02 Å². The lowest BCUT2D eigenvalue weighted by molar-refractivity contribution is 0.0535. The number of phenols is 1. The molecular weight excluding hydrogens is 266 g/mol. The van der Waals surface area contributed by atoms with Gasteiger partial charge in [-0.25, -0.2) is 4.79 Å². The highest BCUT2D eigenvalue weighted by molar-refractivity contribution is 6.32. The van der Waals surface area contributed by atoms with Crippen LogP contribution in [0, 0.1) is 11.8 Å². The maximum Gasteiger partial charge on any atom is 0.408 e. The molecule has 19 heavy (non-hydrogen) atoms. The number of alkyl carbamates (subject to hydrolysis) is 1. The van der Waals surface area contributed by atoms with Gasteiger partial charge < -0.3 is 15.2 Å². The minimum atomic E-state index is -0.526. The van der Waals surface area contributed by atoms with Crippen LogP contribution in [0.15, 0.2) is 18.2 Å². The van der Waals surface area contributed by atoms with Crippen molar-refractivity contribution in [3.63, 3.8) is 0 Å². The zero-order valence-electron chi connectivity index (χ0n) is 11.1. The van der Waals surface area contributed by atoms with E-state index in [1.807, 2.05) is 0 Å². The van der Waals surface area contributed by atoms with Gasteiger partial charge in [0, 0.05) is 5.56 Å². The van der Waals surface area contributed by atoms with E-state index in [4.69, 9.17) is 16.3 Å². The number of carbonyl (C=O) groups excluding carboxylic acids is 1. The average Bonchev–Trinajstić information content (AvgIpc) is 2.27. The predicted molar refractivity (Wildman–Crippen MR) is 74.2 cm³/mol. The van der Waals surface area contributed by atoms with E-state index in [0.29, 0.717) is 5.56 Å². The quantitative estimate of drug-likeness (QED) is 0.778. The Morgan fingerprint density at radius 3 is 2.74 bits per heavy atom. The van der Waals surface area contributed by atoms with Crippen LogP contribution >= 0.6 is 11.6 Å². The second kappa shape index (κ2) is 6.35. The van der Waals surface area contributed by atoms with E-state index >= 15 is 0 Å². The lowest BCUT2D eigenvalue weighted by Crippen LogP contribution is -2.32. The van der Waals surface area contributed by atoms with Gasteiger partial charge >= 0.3 is 6.09 Å². The van der Waals surface area contributed by atoms with Gasteiger partial charge in [0.15, 0.2) is 0 Å². The third kappa shape index (κ3) is 6.03. The number of carbonyl (C=O) groups is 1. The molecule has 1 amide bonds. The van der Waals surface area contributed by atoms with Crippen molar-refractivity contribution in [1.29, 1.82) is 0 Å². The number of halogens is 1. The summed E-state index contributed by atoms with van der Waals surface area (Å²) in [7, 11) is 0. The lowest BCUT2D eigenvalue weighted by Gasteiger charge is -2.18. The Morgan fingerprint density at radius 1 is 1.47 bits per heavy atom. The Bertz CT molecular complexity index is 524. The molecule has 0 aliphatic heterocycles.